The second kappa shape index (κ2) is 6.41. The van der Waals surface area contributed by atoms with E-state index in [4.69, 9.17) is 13.9 Å². The molecule has 0 atom stereocenters. The maximum atomic E-state index is 12.7. The molecule has 0 N–H and O–H groups in total. The number of furan rings is 1. The summed E-state index contributed by atoms with van der Waals surface area (Å²) < 4.78 is 42.4. The first-order valence-corrected chi connectivity index (χ1v) is 8.06. The lowest BCUT2D eigenvalue weighted by atomic mass is 10.3. The lowest BCUT2D eigenvalue weighted by molar-refractivity contribution is 0.379. The monoisotopic (exact) mass is 325 g/mol. The van der Waals surface area contributed by atoms with Crippen molar-refractivity contribution in [2.45, 2.75) is 18.4 Å². The molecule has 1 heterocycles. The van der Waals surface area contributed by atoms with Gasteiger partial charge in [0.2, 0.25) is 10.0 Å². The summed E-state index contributed by atoms with van der Waals surface area (Å²) in [6.07, 6.45) is 0. The van der Waals surface area contributed by atoms with Gasteiger partial charge in [-0.1, -0.05) is 0 Å². The smallest absolute Gasteiger partial charge is 0.247 e. The van der Waals surface area contributed by atoms with E-state index in [2.05, 4.69) is 0 Å². The molecule has 0 aliphatic carbocycles. The van der Waals surface area contributed by atoms with Crippen molar-refractivity contribution in [3.05, 3.63) is 41.9 Å². The summed E-state index contributed by atoms with van der Waals surface area (Å²) in [7, 11) is 0.664. The highest BCUT2D eigenvalue weighted by atomic mass is 32.2. The Morgan fingerprint density at radius 1 is 1.14 bits per heavy atom. The summed E-state index contributed by atoms with van der Waals surface area (Å²) in [5, 5.41) is 0. The summed E-state index contributed by atoms with van der Waals surface area (Å²) in [5.41, 5.74) is 0. The third-order valence-electron chi connectivity index (χ3n) is 3.23. The minimum Gasteiger partial charge on any atom is -0.497 e. The van der Waals surface area contributed by atoms with Gasteiger partial charge in [0.15, 0.2) is 0 Å². The van der Waals surface area contributed by atoms with Crippen LogP contribution in [0.4, 0.5) is 0 Å². The number of nitrogens with zero attached hydrogens (tertiary/aromatic N) is 1. The molecule has 0 bridgehead atoms. The molecule has 6 nitrogen and oxygen atoms in total. The first-order chi connectivity index (χ1) is 10.4. The molecule has 22 heavy (non-hydrogen) atoms. The van der Waals surface area contributed by atoms with Crippen molar-refractivity contribution in [2.75, 3.05) is 21.3 Å². The summed E-state index contributed by atoms with van der Waals surface area (Å²) in [6.45, 7) is 1.94. The van der Waals surface area contributed by atoms with Crippen molar-refractivity contribution in [3.8, 4) is 11.5 Å². The van der Waals surface area contributed by atoms with Crippen LogP contribution in [-0.4, -0.2) is 34.0 Å². The third-order valence-corrected chi connectivity index (χ3v) is 5.06. The maximum absolute atomic E-state index is 12.7. The van der Waals surface area contributed by atoms with Crippen molar-refractivity contribution >= 4 is 10.0 Å². The minimum atomic E-state index is -3.73. The molecule has 0 aliphatic heterocycles. The highest BCUT2D eigenvalue weighted by Gasteiger charge is 2.26. The Balaban J connectivity index is 2.36. The number of hydrogen-bond donors (Lipinski definition) is 0. The molecule has 2 aromatic rings. The van der Waals surface area contributed by atoms with Crippen molar-refractivity contribution in [3.63, 3.8) is 0 Å². The number of ether oxygens (including phenoxy) is 2. The van der Waals surface area contributed by atoms with Crippen LogP contribution >= 0.6 is 0 Å². The normalized spacial score (nSPS) is 11.7. The van der Waals surface area contributed by atoms with Crippen LogP contribution in [0.1, 0.15) is 11.5 Å². The molecule has 0 amide bonds. The van der Waals surface area contributed by atoms with Crippen molar-refractivity contribution in [2.24, 2.45) is 0 Å². The van der Waals surface area contributed by atoms with Gasteiger partial charge < -0.3 is 13.9 Å². The highest BCUT2D eigenvalue weighted by Crippen LogP contribution is 2.30. The van der Waals surface area contributed by atoms with Crippen LogP contribution in [0.5, 0.6) is 11.5 Å². The number of rotatable bonds is 6. The minimum absolute atomic E-state index is 0.0557. The van der Waals surface area contributed by atoms with Gasteiger partial charge in [-0.15, -0.1) is 0 Å². The average Bonchev–Trinajstić information content (AvgIpc) is 2.91. The van der Waals surface area contributed by atoms with Gasteiger partial charge in [0.1, 0.15) is 27.9 Å². The van der Waals surface area contributed by atoms with Crippen LogP contribution in [0.25, 0.3) is 0 Å². The first-order valence-electron chi connectivity index (χ1n) is 6.62. The highest BCUT2D eigenvalue weighted by molar-refractivity contribution is 7.89. The Kier molecular flexibility index (Phi) is 4.77. The van der Waals surface area contributed by atoms with Crippen LogP contribution in [0.3, 0.4) is 0 Å². The Bertz CT molecular complexity index is 751. The molecular weight excluding hydrogens is 306 g/mol. The van der Waals surface area contributed by atoms with E-state index in [1.165, 1.54) is 31.6 Å². The zero-order chi connectivity index (χ0) is 16.3. The van der Waals surface area contributed by atoms with Crippen LogP contribution in [0.15, 0.2) is 39.6 Å². The van der Waals surface area contributed by atoms with Gasteiger partial charge in [0.05, 0.1) is 20.8 Å². The van der Waals surface area contributed by atoms with E-state index in [0.717, 1.165) is 5.76 Å². The van der Waals surface area contributed by atoms with Gasteiger partial charge in [-0.2, -0.15) is 4.31 Å². The number of methoxy groups -OCH3 is 2. The summed E-state index contributed by atoms with van der Waals surface area (Å²) in [6, 6.07) is 8.20. The lowest BCUT2D eigenvalue weighted by Gasteiger charge is -2.18. The van der Waals surface area contributed by atoms with E-state index in [1.807, 2.05) is 6.92 Å². The summed E-state index contributed by atoms with van der Waals surface area (Å²) in [4.78, 5) is 0.0557. The van der Waals surface area contributed by atoms with E-state index < -0.39 is 10.0 Å². The predicted octanol–water partition coefficient (Wildman–Crippen LogP) is 2.43. The molecule has 1 aromatic carbocycles. The molecule has 1 aromatic heterocycles. The van der Waals surface area contributed by atoms with Crippen LogP contribution in [-0.2, 0) is 16.6 Å². The van der Waals surface area contributed by atoms with Crippen LogP contribution in [0.2, 0.25) is 0 Å². The van der Waals surface area contributed by atoms with Gasteiger partial charge in [0.25, 0.3) is 0 Å². The molecule has 0 saturated heterocycles. The molecule has 0 saturated carbocycles. The van der Waals surface area contributed by atoms with Crippen LogP contribution in [0, 0.1) is 6.92 Å². The van der Waals surface area contributed by atoms with Gasteiger partial charge >= 0.3 is 0 Å². The Morgan fingerprint density at radius 3 is 2.41 bits per heavy atom. The number of aryl methyl sites for hydroxylation is 1. The second-order valence-electron chi connectivity index (χ2n) is 4.79. The zero-order valence-corrected chi connectivity index (χ0v) is 13.8. The van der Waals surface area contributed by atoms with E-state index >= 15 is 0 Å². The molecule has 0 radical (unpaired) electrons. The number of hydrogen-bond acceptors (Lipinski definition) is 5. The third kappa shape index (κ3) is 3.26. The van der Waals surface area contributed by atoms with E-state index in [-0.39, 0.29) is 17.2 Å². The molecule has 120 valence electrons. The molecule has 7 heteroatoms. The largest absolute Gasteiger partial charge is 0.497 e. The molecule has 0 spiro atoms. The lowest BCUT2D eigenvalue weighted by Crippen LogP contribution is -2.26. The van der Waals surface area contributed by atoms with Crippen molar-refractivity contribution in [1.29, 1.82) is 0 Å². The summed E-state index contributed by atoms with van der Waals surface area (Å²) >= 11 is 0. The fourth-order valence-electron chi connectivity index (χ4n) is 2.03. The molecular formula is C15H19NO5S. The van der Waals surface area contributed by atoms with Crippen molar-refractivity contribution < 1.29 is 22.3 Å². The quantitative estimate of drug-likeness (QED) is 0.816. The molecule has 0 unspecified atom stereocenters. The van der Waals surface area contributed by atoms with Gasteiger partial charge in [0, 0.05) is 13.1 Å². The van der Waals surface area contributed by atoms with Gasteiger partial charge in [-0.3, -0.25) is 0 Å². The Morgan fingerprint density at radius 2 is 1.86 bits per heavy atom. The molecule has 0 fully saturated rings. The number of benzene rings is 1. The van der Waals surface area contributed by atoms with Gasteiger partial charge in [-0.25, -0.2) is 8.42 Å². The SMILES string of the molecule is COc1ccc(OC)c(S(=O)(=O)N(C)Cc2ccc(C)o2)c1. The zero-order valence-electron chi connectivity index (χ0n) is 13.0. The predicted molar refractivity (Wildman–Crippen MR) is 81.6 cm³/mol. The fourth-order valence-corrected chi connectivity index (χ4v) is 3.33. The summed E-state index contributed by atoms with van der Waals surface area (Å²) in [5.74, 6) is 2.02. The topological polar surface area (TPSA) is 69.0 Å². The van der Waals surface area contributed by atoms with E-state index in [1.54, 1.807) is 24.3 Å². The van der Waals surface area contributed by atoms with E-state index in [9.17, 15) is 8.42 Å². The van der Waals surface area contributed by atoms with Gasteiger partial charge in [-0.05, 0) is 31.2 Å². The Labute approximate surface area is 130 Å². The molecule has 2 rings (SSSR count). The van der Waals surface area contributed by atoms with Crippen LogP contribution < -0.4 is 9.47 Å². The second-order valence-corrected chi connectivity index (χ2v) is 6.80. The first kappa shape index (κ1) is 16.4. The van der Waals surface area contributed by atoms with E-state index in [0.29, 0.717) is 11.5 Å². The average molecular weight is 325 g/mol. The maximum Gasteiger partial charge on any atom is 0.247 e. The van der Waals surface area contributed by atoms with Crippen molar-refractivity contribution in [1.82, 2.24) is 4.31 Å². The molecule has 0 aliphatic rings. The fraction of sp³-hybridized carbons (Fsp3) is 0.333. The number of sulfonamides is 1. The Hall–Kier alpha value is -1.99. The standard InChI is InChI=1S/C15H19NO5S/c1-11-5-6-13(21-11)10-16(2)22(17,18)15-9-12(19-3)7-8-14(15)20-4/h5-9H,10H2,1-4H3.